The lowest BCUT2D eigenvalue weighted by atomic mass is 10.2. The van der Waals surface area contributed by atoms with Crippen LogP contribution in [0, 0.1) is 0 Å². The maximum Gasteiger partial charge on any atom is 0.255 e. The molecule has 4 nitrogen and oxygen atoms in total. The summed E-state index contributed by atoms with van der Waals surface area (Å²) in [7, 11) is 0. The van der Waals surface area contributed by atoms with Crippen molar-refractivity contribution in [3.63, 3.8) is 0 Å². The van der Waals surface area contributed by atoms with Crippen LogP contribution < -0.4 is 14.8 Å². The van der Waals surface area contributed by atoms with E-state index < -0.39 is 0 Å². The number of nitrogens with one attached hydrogen (secondary N) is 1. The molecule has 3 aromatic rings. The average Bonchev–Trinajstić information content (AvgIpc) is 2.73. The van der Waals surface area contributed by atoms with E-state index in [0.717, 1.165) is 22.6 Å². The highest BCUT2D eigenvalue weighted by molar-refractivity contribution is 6.04. The minimum Gasteiger partial charge on any atom is -0.489 e. The Balaban J connectivity index is 1.53. The molecule has 0 bridgehead atoms. The second kappa shape index (κ2) is 9.42. The SMILES string of the molecule is C=C(C)COc1ccc(NC(=O)c2ccc(OCc3ccccc3)cc2)cc1. The van der Waals surface area contributed by atoms with Gasteiger partial charge in [0.15, 0.2) is 0 Å². The summed E-state index contributed by atoms with van der Waals surface area (Å²) < 4.78 is 11.3. The molecule has 0 aromatic heterocycles. The van der Waals surface area contributed by atoms with Gasteiger partial charge in [0.05, 0.1) is 0 Å². The number of hydrogen-bond acceptors (Lipinski definition) is 3. The van der Waals surface area contributed by atoms with Gasteiger partial charge in [-0.1, -0.05) is 36.9 Å². The molecule has 0 aliphatic rings. The van der Waals surface area contributed by atoms with Crippen molar-refractivity contribution in [2.24, 2.45) is 0 Å². The van der Waals surface area contributed by atoms with Gasteiger partial charge in [-0.25, -0.2) is 0 Å². The van der Waals surface area contributed by atoms with Gasteiger partial charge in [0.2, 0.25) is 0 Å². The van der Waals surface area contributed by atoms with Gasteiger partial charge in [-0.2, -0.15) is 0 Å². The van der Waals surface area contributed by atoms with Crippen molar-refractivity contribution < 1.29 is 14.3 Å². The Morgan fingerprint density at radius 1 is 0.857 bits per heavy atom. The molecule has 3 aromatic carbocycles. The molecule has 0 unspecified atom stereocenters. The topological polar surface area (TPSA) is 47.6 Å². The smallest absolute Gasteiger partial charge is 0.255 e. The first kappa shape index (κ1) is 19.2. The van der Waals surface area contributed by atoms with E-state index in [-0.39, 0.29) is 5.91 Å². The first-order chi connectivity index (χ1) is 13.6. The minimum absolute atomic E-state index is 0.176. The Hall–Kier alpha value is -3.53. The fourth-order valence-corrected chi connectivity index (χ4v) is 2.49. The van der Waals surface area contributed by atoms with Crippen LogP contribution in [-0.2, 0) is 6.61 Å². The standard InChI is InChI=1S/C24H23NO3/c1-18(2)16-27-23-14-10-21(11-15-23)25-24(26)20-8-12-22(13-9-20)28-17-19-6-4-3-5-7-19/h3-15H,1,16-17H2,2H3,(H,25,26). The van der Waals surface area contributed by atoms with Crippen molar-refractivity contribution in [1.29, 1.82) is 0 Å². The Kier molecular flexibility index (Phi) is 6.47. The van der Waals surface area contributed by atoms with E-state index >= 15 is 0 Å². The van der Waals surface area contributed by atoms with E-state index in [1.54, 1.807) is 24.3 Å². The molecule has 0 aliphatic heterocycles. The number of rotatable bonds is 8. The van der Waals surface area contributed by atoms with Crippen LogP contribution in [0.4, 0.5) is 5.69 Å². The quantitative estimate of drug-likeness (QED) is 0.532. The second-order valence-electron chi connectivity index (χ2n) is 6.52. The van der Waals surface area contributed by atoms with Crippen LogP contribution in [0.25, 0.3) is 0 Å². The fourth-order valence-electron chi connectivity index (χ4n) is 2.49. The number of carbonyl (C=O) groups is 1. The van der Waals surface area contributed by atoms with E-state index in [0.29, 0.717) is 24.5 Å². The van der Waals surface area contributed by atoms with E-state index in [1.165, 1.54) is 0 Å². The van der Waals surface area contributed by atoms with Gasteiger partial charge in [-0.15, -0.1) is 0 Å². The first-order valence-corrected chi connectivity index (χ1v) is 9.05. The zero-order chi connectivity index (χ0) is 19.8. The summed E-state index contributed by atoms with van der Waals surface area (Å²) >= 11 is 0. The fraction of sp³-hybridized carbons (Fsp3) is 0.125. The van der Waals surface area contributed by atoms with Crippen LogP contribution in [0.2, 0.25) is 0 Å². The van der Waals surface area contributed by atoms with E-state index in [2.05, 4.69) is 11.9 Å². The molecule has 28 heavy (non-hydrogen) atoms. The molecule has 0 heterocycles. The highest BCUT2D eigenvalue weighted by Gasteiger charge is 2.07. The zero-order valence-electron chi connectivity index (χ0n) is 15.9. The van der Waals surface area contributed by atoms with Crippen molar-refractivity contribution in [3.8, 4) is 11.5 Å². The predicted molar refractivity (Wildman–Crippen MR) is 112 cm³/mol. The number of anilines is 1. The number of benzene rings is 3. The third-order valence-electron chi connectivity index (χ3n) is 3.96. The highest BCUT2D eigenvalue weighted by atomic mass is 16.5. The Bertz CT molecular complexity index is 916. The van der Waals surface area contributed by atoms with Crippen LogP contribution in [0.3, 0.4) is 0 Å². The van der Waals surface area contributed by atoms with Crippen LogP contribution in [0.1, 0.15) is 22.8 Å². The predicted octanol–water partition coefficient (Wildman–Crippen LogP) is 5.47. The van der Waals surface area contributed by atoms with E-state index in [9.17, 15) is 4.79 Å². The Morgan fingerprint density at radius 3 is 2.11 bits per heavy atom. The molecule has 1 amide bonds. The van der Waals surface area contributed by atoms with Gasteiger partial charge in [-0.3, -0.25) is 4.79 Å². The van der Waals surface area contributed by atoms with E-state index in [1.807, 2.05) is 61.5 Å². The zero-order valence-corrected chi connectivity index (χ0v) is 15.9. The average molecular weight is 373 g/mol. The number of carbonyl (C=O) groups excluding carboxylic acids is 1. The molecule has 0 saturated carbocycles. The number of hydrogen-bond donors (Lipinski definition) is 1. The molecule has 142 valence electrons. The van der Waals surface area contributed by atoms with E-state index in [4.69, 9.17) is 9.47 Å². The minimum atomic E-state index is -0.176. The maximum absolute atomic E-state index is 12.4. The molecule has 0 atom stereocenters. The van der Waals surface area contributed by atoms with Crippen LogP contribution in [0.5, 0.6) is 11.5 Å². The summed E-state index contributed by atoms with van der Waals surface area (Å²) in [6.45, 7) is 6.68. The van der Waals surface area contributed by atoms with Gasteiger partial charge >= 0.3 is 0 Å². The summed E-state index contributed by atoms with van der Waals surface area (Å²) in [5, 5.41) is 2.87. The molecule has 0 spiro atoms. The second-order valence-corrected chi connectivity index (χ2v) is 6.52. The normalized spacial score (nSPS) is 10.2. The lowest BCUT2D eigenvalue weighted by Crippen LogP contribution is -2.11. The Labute approximate surface area is 165 Å². The van der Waals surface area contributed by atoms with Crippen LogP contribution >= 0.6 is 0 Å². The highest BCUT2D eigenvalue weighted by Crippen LogP contribution is 2.18. The van der Waals surface area contributed by atoms with Crippen molar-refractivity contribution in [2.75, 3.05) is 11.9 Å². The van der Waals surface area contributed by atoms with Gasteiger partial charge in [0.1, 0.15) is 24.7 Å². The lowest BCUT2D eigenvalue weighted by molar-refractivity contribution is 0.102. The maximum atomic E-state index is 12.4. The van der Waals surface area contributed by atoms with Crippen molar-refractivity contribution in [3.05, 3.63) is 102 Å². The van der Waals surface area contributed by atoms with Gasteiger partial charge in [-0.05, 0) is 66.6 Å². The summed E-state index contributed by atoms with van der Waals surface area (Å²) in [6, 6.07) is 24.3. The Morgan fingerprint density at radius 2 is 1.46 bits per heavy atom. The third kappa shape index (κ3) is 5.74. The molecule has 0 aliphatic carbocycles. The summed E-state index contributed by atoms with van der Waals surface area (Å²) in [5.41, 5.74) is 3.32. The molecule has 0 saturated heterocycles. The van der Waals surface area contributed by atoms with Gasteiger partial charge < -0.3 is 14.8 Å². The molecule has 1 N–H and O–H groups in total. The number of ether oxygens (including phenoxy) is 2. The van der Waals surface area contributed by atoms with Crippen LogP contribution in [0.15, 0.2) is 91.0 Å². The molecular weight excluding hydrogens is 350 g/mol. The van der Waals surface area contributed by atoms with Crippen molar-refractivity contribution >= 4 is 11.6 Å². The number of amides is 1. The first-order valence-electron chi connectivity index (χ1n) is 9.05. The van der Waals surface area contributed by atoms with Crippen LogP contribution in [-0.4, -0.2) is 12.5 Å². The van der Waals surface area contributed by atoms with Gasteiger partial charge in [0.25, 0.3) is 5.91 Å². The third-order valence-corrected chi connectivity index (χ3v) is 3.96. The van der Waals surface area contributed by atoms with Gasteiger partial charge in [0, 0.05) is 11.3 Å². The monoisotopic (exact) mass is 373 g/mol. The molecule has 0 fully saturated rings. The molecule has 4 heteroatoms. The summed E-state index contributed by atoms with van der Waals surface area (Å²) in [6.07, 6.45) is 0. The summed E-state index contributed by atoms with van der Waals surface area (Å²) in [4.78, 5) is 12.4. The molecule has 0 radical (unpaired) electrons. The molecular formula is C24H23NO3. The van der Waals surface area contributed by atoms with Crippen molar-refractivity contribution in [1.82, 2.24) is 0 Å². The lowest BCUT2D eigenvalue weighted by Gasteiger charge is -2.09. The molecule has 3 rings (SSSR count). The van der Waals surface area contributed by atoms with Crippen molar-refractivity contribution in [2.45, 2.75) is 13.5 Å². The largest absolute Gasteiger partial charge is 0.489 e. The summed E-state index contributed by atoms with van der Waals surface area (Å²) in [5.74, 6) is 1.28.